The van der Waals surface area contributed by atoms with Crippen molar-refractivity contribution in [3.8, 4) is 0 Å². The lowest BCUT2D eigenvalue weighted by Gasteiger charge is -2.38. The average molecular weight is 242 g/mol. The molecule has 0 amide bonds. The van der Waals surface area contributed by atoms with Crippen LogP contribution in [0.3, 0.4) is 0 Å². The van der Waals surface area contributed by atoms with Crippen LogP contribution >= 0.6 is 0 Å². The van der Waals surface area contributed by atoms with Gasteiger partial charge in [0.1, 0.15) is 0 Å². The zero-order valence-electron chi connectivity index (χ0n) is 11.8. The van der Waals surface area contributed by atoms with Gasteiger partial charge in [0.15, 0.2) is 0 Å². The Morgan fingerprint density at radius 2 is 2.18 bits per heavy atom. The van der Waals surface area contributed by atoms with Gasteiger partial charge in [-0.2, -0.15) is 0 Å². The van der Waals surface area contributed by atoms with Gasteiger partial charge in [-0.3, -0.25) is 4.90 Å². The van der Waals surface area contributed by atoms with Gasteiger partial charge in [-0.25, -0.2) is 0 Å². The SMILES string of the molecule is CCOCCN(C)C(CN)C1CCCC(C)C1. The Bertz CT molecular complexity index is 199. The Kier molecular flexibility index (Phi) is 7.09. The zero-order valence-corrected chi connectivity index (χ0v) is 11.8. The summed E-state index contributed by atoms with van der Waals surface area (Å²) in [6.07, 6.45) is 5.48. The predicted molar refractivity (Wildman–Crippen MR) is 73.1 cm³/mol. The van der Waals surface area contributed by atoms with Crippen LogP contribution in [0.15, 0.2) is 0 Å². The molecule has 0 heterocycles. The standard InChI is InChI=1S/C14H30N2O/c1-4-17-9-8-16(3)14(11-15)13-7-5-6-12(2)10-13/h12-14H,4-11,15H2,1-3H3. The topological polar surface area (TPSA) is 38.5 Å². The highest BCUT2D eigenvalue weighted by atomic mass is 16.5. The summed E-state index contributed by atoms with van der Waals surface area (Å²) >= 11 is 0. The van der Waals surface area contributed by atoms with E-state index < -0.39 is 0 Å². The summed E-state index contributed by atoms with van der Waals surface area (Å²) in [5.41, 5.74) is 5.97. The van der Waals surface area contributed by atoms with E-state index in [1.54, 1.807) is 0 Å². The molecule has 1 aliphatic rings. The summed E-state index contributed by atoms with van der Waals surface area (Å²) < 4.78 is 5.42. The number of nitrogens with two attached hydrogens (primary N) is 1. The lowest BCUT2D eigenvalue weighted by Crippen LogP contribution is -2.46. The minimum atomic E-state index is 0.540. The van der Waals surface area contributed by atoms with Gasteiger partial charge < -0.3 is 10.5 Å². The number of ether oxygens (including phenoxy) is 1. The molecule has 3 nitrogen and oxygen atoms in total. The van der Waals surface area contributed by atoms with Crippen LogP contribution in [-0.2, 0) is 4.74 Å². The molecule has 0 aromatic heterocycles. The molecule has 0 radical (unpaired) electrons. The normalized spacial score (nSPS) is 27.4. The predicted octanol–water partition coefficient (Wildman–Crippen LogP) is 2.11. The highest BCUT2D eigenvalue weighted by Crippen LogP contribution is 2.32. The van der Waals surface area contributed by atoms with Gasteiger partial charge >= 0.3 is 0 Å². The van der Waals surface area contributed by atoms with E-state index in [0.717, 1.165) is 38.1 Å². The number of hydrogen-bond acceptors (Lipinski definition) is 3. The van der Waals surface area contributed by atoms with Crippen molar-refractivity contribution < 1.29 is 4.74 Å². The third-order valence-corrected chi connectivity index (χ3v) is 4.12. The highest BCUT2D eigenvalue weighted by molar-refractivity contribution is 4.83. The number of rotatable bonds is 7. The van der Waals surface area contributed by atoms with E-state index in [1.807, 2.05) is 6.92 Å². The molecule has 2 N–H and O–H groups in total. The fourth-order valence-electron chi connectivity index (χ4n) is 3.08. The summed E-state index contributed by atoms with van der Waals surface area (Å²) in [5, 5.41) is 0. The van der Waals surface area contributed by atoms with Crippen LogP contribution < -0.4 is 5.73 Å². The molecule has 0 saturated heterocycles. The fourth-order valence-corrected chi connectivity index (χ4v) is 3.08. The van der Waals surface area contributed by atoms with Gasteiger partial charge in [-0.15, -0.1) is 0 Å². The number of hydrogen-bond donors (Lipinski definition) is 1. The molecule has 17 heavy (non-hydrogen) atoms. The summed E-state index contributed by atoms with van der Waals surface area (Å²) in [6.45, 7) is 7.83. The summed E-state index contributed by atoms with van der Waals surface area (Å²) in [4.78, 5) is 2.40. The fraction of sp³-hybridized carbons (Fsp3) is 1.00. The molecule has 0 aliphatic heterocycles. The molecule has 1 fully saturated rings. The van der Waals surface area contributed by atoms with Crippen LogP contribution in [0.25, 0.3) is 0 Å². The van der Waals surface area contributed by atoms with E-state index in [2.05, 4.69) is 18.9 Å². The molecule has 0 spiro atoms. The third kappa shape index (κ3) is 4.94. The summed E-state index contributed by atoms with van der Waals surface area (Å²) in [7, 11) is 2.19. The molecule has 1 saturated carbocycles. The molecule has 0 aromatic carbocycles. The summed E-state index contributed by atoms with van der Waals surface area (Å²) in [6, 6.07) is 0.540. The van der Waals surface area contributed by atoms with Crippen LogP contribution in [0.5, 0.6) is 0 Å². The second kappa shape index (κ2) is 8.06. The highest BCUT2D eigenvalue weighted by Gasteiger charge is 2.28. The first-order chi connectivity index (χ1) is 8.19. The molecule has 3 unspecified atom stereocenters. The average Bonchev–Trinajstić information content (AvgIpc) is 2.30. The van der Waals surface area contributed by atoms with Gasteiger partial charge in [0.25, 0.3) is 0 Å². The van der Waals surface area contributed by atoms with Gasteiger partial charge in [-0.1, -0.05) is 19.8 Å². The first-order valence-electron chi connectivity index (χ1n) is 7.17. The van der Waals surface area contributed by atoms with Gasteiger partial charge in [0.2, 0.25) is 0 Å². The van der Waals surface area contributed by atoms with Crippen molar-refractivity contribution in [3.05, 3.63) is 0 Å². The van der Waals surface area contributed by atoms with Crippen molar-refractivity contribution in [2.45, 2.75) is 45.6 Å². The molecule has 102 valence electrons. The molecule has 3 atom stereocenters. The molecule has 0 bridgehead atoms. The maximum Gasteiger partial charge on any atom is 0.0593 e. The second-order valence-electron chi connectivity index (χ2n) is 5.51. The first kappa shape index (κ1) is 14.9. The quantitative estimate of drug-likeness (QED) is 0.695. The zero-order chi connectivity index (χ0) is 12.7. The Morgan fingerprint density at radius 3 is 2.76 bits per heavy atom. The molecular formula is C14H30N2O. The third-order valence-electron chi connectivity index (χ3n) is 4.12. The minimum Gasteiger partial charge on any atom is -0.380 e. The van der Waals surface area contributed by atoms with Crippen molar-refractivity contribution in [2.24, 2.45) is 17.6 Å². The van der Waals surface area contributed by atoms with Crippen LogP contribution in [0, 0.1) is 11.8 Å². The van der Waals surface area contributed by atoms with E-state index in [0.29, 0.717) is 6.04 Å². The minimum absolute atomic E-state index is 0.540. The van der Waals surface area contributed by atoms with E-state index in [9.17, 15) is 0 Å². The van der Waals surface area contributed by atoms with E-state index in [4.69, 9.17) is 10.5 Å². The Hall–Kier alpha value is -0.120. The van der Waals surface area contributed by atoms with Crippen molar-refractivity contribution in [2.75, 3.05) is 33.4 Å². The van der Waals surface area contributed by atoms with Crippen LogP contribution in [0.4, 0.5) is 0 Å². The number of likely N-dealkylation sites (N-methyl/N-ethyl adjacent to an activating group) is 1. The van der Waals surface area contributed by atoms with Gasteiger partial charge in [0.05, 0.1) is 6.61 Å². The Morgan fingerprint density at radius 1 is 1.41 bits per heavy atom. The second-order valence-corrected chi connectivity index (χ2v) is 5.51. The smallest absolute Gasteiger partial charge is 0.0593 e. The van der Waals surface area contributed by atoms with E-state index >= 15 is 0 Å². The summed E-state index contributed by atoms with van der Waals surface area (Å²) in [5.74, 6) is 1.67. The molecule has 1 aliphatic carbocycles. The van der Waals surface area contributed by atoms with Gasteiger partial charge in [0, 0.05) is 25.7 Å². The van der Waals surface area contributed by atoms with Crippen molar-refractivity contribution in [3.63, 3.8) is 0 Å². The lowest BCUT2D eigenvalue weighted by atomic mass is 9.78. The van der Waals surface area contributed by atoms with Crippen LogP contribution in [0.1, 0.15) is 39.5 Å². The Balaban J connectivity index is 2.39. The van der Waals surface area contributed by atoms with E-state index in [-0.39, 0.29) is 0 Å². The van der Waals surface area contributed by atoms with Crippen molar-refractivity contribution >= 4 is 0 Å². The largest absolute Gasteiger partial charge is 0.380 e. The van der Waals surface area contributed by atoms with Crippen molar-refractivity contribution in [1.29, 1.82) is 0 Å². The molecule has 0 aromatic rings. The van der Waals surface area contributed by atoms with Gasteiger partial charge in [-0.05, 0) is 38.6 Å². The molecule has 3 heteroatoms. The monoisotopic (exact) mass is 242 g/mol. The van der Waals surface area contributed by atoms with Crippen LogP contribution in [0.2, 0.25) is 0 Å². The van der Waals surface area contributed by atoms with Crippen molar-refractivity contribution in [1.82, 2.24) is 4.90 Å². The molecule has 1 rings (SSSR count). The molecular weight excluding hydrogens is 212 g/mol. The maximum absolute atomic E-state index is 5.97. The van der Waals surface area contributed by atoms with Crippen LogP contribution in [-0.4, -0.2) is 44.3 Å². The maximum atomic E-state index is 5.97. The Labute approximate surface area is 107 Å². The van der Waals surface area contributed by atoms with E-state index in [1.165, 1.54) is 25.7 Å². The lowest BCUT2D eigenvalue weighted by molar-refractivity contribution is 0.0797. The number of nitrogens with zero attached hydrogens (tertiary/aromatic N) is 1. The first-order valence-corrected chi connectivity index (χ1v) is 7.17.